The van der Waals surface area contributed by atoms with Gasteiger partial charge >= 0.3 is 0 Å². The van der Waals surface area contributed by atoms with Gasteiger partial charge in [-0.2, -0.15) is 0 Å². The summed E-state index contributed by atoms with van der Waals surface area (Å²) in [4.78, 5) is 31.4. The standard InChI is InChI=1S/C17H23N3O2S/c1-10(13-9-23-16(19-13)11-4-5-11)18-15(21)14-3-2-8-20(14)17(22)12-6-7-12/h9-12,14H,2-8H2,1H3,(H,18,21)/t10-,14+/m0/s1. The van der Waals surface area contributed by atoms with Crippen LogP contribution in [0.4, 0.5) is 0 Å². The summed E-state index contributed by atoms with van der Waals surface area (Å²) in [5.41, 5.74) is 0.948. The molecule has 1 aliphatic heterocycles. The lowest BCUT2D eigenvalue weighted by Gasteiger charge is -2.25. The summed E-state index contributed by atoms with van der Waals surface area (Å²) in [7, 11) is 0. The van der Waals surface area contributed by atoms with Crippen LogP contribution in [0, 0.1) is 5.92 Å². The van der Waals surface area contributed by atoms with Crippen LogP contribution in [0.25, 0.3) is 0 Å². The molecule has 124 valence electrons. The Kier molecular flexibility index (Phi) is 3.87. The molecule has 2 saturated carbocycles. The molecule has 1 saturated heterocycles. The van der Waals surface area contributed by atoms with Crippen molar-refractivity contribution in [2.75, 3.05) is 6.54 Å². The molecule has 4 rings (SSSR count). The molecule has 5 nitrogen and oxygen atoms in total. The number of aromatic nitrogens is 1. The summed E-state index contributed by atoms with van der Waals surface area (Å²) in [5.74, 6) is 0.989. The van der Waals surface area contributed by atoms with Gasteiger partial charge in [0.05, 0.1) is 16.7 Å². The number of carbonyl (C=O) groups is 2. The largest absolute Gasteiger partial charge is 0.346 e. The van der Waals surface area contributed by atoms with Crippen LogP contribution in [-0.2, 0) is 9.59 Å². The minimum atomic E-state index is -0.285. The molecule has 2 amide bonds. The van der Waals surface area contributed by atoms with Gasteiger partial charge in [-0.25, -0.2) is 4.98 Å². The van der Waals surface area contributed by atoms with Crippen molar-refractivity contribution >= 4 is 23.2 Å². The second-order valence-electron chi connectivity index (χ2n) is 7.08. The molecule has 1 aromatic rings. The van der Waals surface area contributed by atoms with Gasteiger partial charge < -0.3 is 10.2 Å². The van der Waals surface area contributed by atoms with Crippen molar-refractivity contribution in [3.63, 3.8) is 0 Å². The number of hydrogen-bond donors (Lipinski definition) is 1. The van der Waals surface area contributed by atoms with Crippen LogP contribution in [0.3, 0.4) is 0 Å². The first-order valence-corrected chi connectivity index (χ1v) is 9.57. The van der Waals surface area contributed by atoms with Gasteiger partial charge in [0.1, 0.15) is 6.04 Å². The van der Waals surface area contributed by atoms with E-state index in [2.05, 4.69) is 15.7 Å². The highest BCUT2D eigenvalue weighted by atomic mass is 32.1. The average Bonchev–Trinajstić information content (AvgIpc) is 3.46. The minimum Gasteiger partial charge on any atom is -0.346 e. The maximum Gasteiger partial charge on any atom is 0.243 e. The van der Waals surface area contributed by atoms with E-state index in [9.17, 15) is 9.59 Å². The van der Waals surface area contributed by atoms with Gasteiger partial charge in [-0.15, -0.1) is 11.3 Å². The van der Waals surface area contributed by atoms with E-state index in [0.717, 1.165) is 37.9 Å². The third-order valence-corrected chi connectivity index (χ3v) is 6.06. The SMILES string of the molecule is C[C@H](NC(=O)[C@H]1CCCN1C(=O)C1CC1)c1csc(C2CC2)n1. The highest BCUT2D eigenvalue weighted by Gasteiger charge is 2.41. The van der Waals surface area contributed by atoms with Gasteiger partial charge in [-0.05, 0) is 45.4 Å². The molecule has 6 heteroatoms. The van der Waals surface area contributed by atoms with Crippen molar-refractivity contribution in [3.8, 4) is 0 Å². The first-order valence-electron chi connectivity index (χ1n) is 8.69. The number of nitrogens with zero attached hydrogens (tertiary/aromatic N) is 2. The lowest BCUT2D eigenvalue weighted by Crippen LogP contribution is -2.47. The molecule has 1 N–H and O–H groups in total. The van der Waals surface area contributed by atoms with E-state index in [0.29, 0.717) is 5.92 Å². The number of thiazole rings is 1. The Morgan fingerprint density at radius 3 is 2.78 bits per heavy atom. The fraction of sp³-hybridized carbons (Fsp3) is 0.706. The van der Waals surface area contributed by atoms with Crippen LogP contribution in [0.5, 0.6) is 0 Å². The van der Waals surface area contributed by atoms with Gasteiger partial charge in [0.25, 0.3) is 0 Å². The summed E-state index contributed by atoms with van der Waals surface area (Å²) < 4.78 is 0. The van der Waals surface area contributed by atoms with Crippen molar-refractivity contribution in [3.05, 3.63) is 16.1 Å². The Bertz CT molecular complexity index is 621. The highest BCUT2D eigenvalue weighted by molar-refractivity contribution is 7.09. The maximum absolute atomic E-state index is 12.6. The Hall–Kier alpha value is -1.43. The number of nitrogens with one attached hydrogen (secondary N) is 1. The van der Waals surface area contributed by atoms with Crippen molar-refractivity contribution < 1.29 is 9.59 Å². The summed E-state index contributed by atoms with van der Waals surface area (Å²) in [6.07, 6.45) is 6.17. The predicted octanol–water partition coefficient (Wildman–Crippen LogP) is 2.60. The van der Waals surface area contributed by atoms with Crippen LogP contribution in [0.15, 0.2) is 5.38 Å². The fourth-order valence-electron chi connectivity index (χ4n) is 3.27. The molecule has 3 aliphatic rings. The quantitative estimate of drug-likeness (QED) is 0.901. The van der Waals surface area contributed by atoms with E-state index in [-0.39, 0.29) is 29.8 Å². The Morgan fingerprint density at radius 2 is 2.09 bits per heavy atom. The molecular formula is C17H23N3O2S. The molecule has 23 heavy (non-hydrogen) atoms. The van der Waals surface area contributed by atoms with Crippen molar-refractivity contribution in [1.82, 2.24) is 15.2 Å². The average molecular weight is 333 g/mol. The molecule has 1 aromatic heterocycles. The zero-order valence-corrected chi connectivity index (χ0v) is 14.3. The van der Waals surface area contributed by atoms with E-state index in [1.54, 1.807) is 16.2 Å². The first kappa shape index (κ1) is 15.1. The zero-order chi connectivity index (χ0) is 16.0. The number of hydrogen-bond acceptors (Lipinski definition) is 4. The van der Waals surface area contributed by atoms with Crippen LogP contribution in [0.2, 0.25) is 0 Å². The Labute approximate surface area is 140 Å². The lowest BCUT2D eigenvalue weighted by atomic mass is 10.1. The summed E-state index contributed by atoms with van der Waals surface area (Å²) in [5, 5.41) is 6.32. The molecule has 0 unspecified atom stereocenters. The Morgan fingerprint density at radius 1 is 1.30 bits per heavy atom. The molecular weight excluding hydrogens is 310 g/mol. The molecule has 2 aliphatic carbocycles. The van der Waals surface area contributed by atoms with E-state index < -0.39 is 0 Å². The van der Waals surface area contributed by atoms with E-state index >= 15 is 0 Å². The van der Waals surface area contributed by atoms with Gasteiger partial charge in [0.15, 0.2) is 0 Å². The summed E-state index contributed by atoms with van der Waals surface area (Å²) >= 11 is 1.70. The maximum atomic E-state index is 12.6. The monoisotopic (exact) mass is 333 g/mol. The zero-order valence-electron chi connectivity index (χ0n) is 13.5. The van der Waals surface area contributed by atoms with E-state index in [1.807, 2.05) is 6.92 Å². The van der Waals surface area contributed by atoms with Gasteiger partial charge in [-0.1, -0.05) is 0 Å². The van der Waals surface area contributed by atoms with E-state index in [4.69, 9.17) is 0 Å². The van der Waals surface area contributed by atoms with Crippen molar-refractivity contribution in [2.45, 2.75) is 63.5 Å². The topological polar surface area (TPSA) is 62.3 Å². The number of rotatable bonds is 5. The molecule has 2 heterocycles. The van der Waals surface area contributed by atoms with Crippen molar-refractivity contribution in [1.29, 1.82) is 0 Å². The number of likely N-dealkylation sites (tertiary alicyclic amines) is 1. The second kappa shape index (κ2) is 5.89. The molecule has 0 bridgehead atoms. The second-order valence-corrected chi connectivity index (χ2v) is 7.97. The van der Waals surface area contributed by atoms with Crippen LogP contribution in [0.1, 0.15) is 68.1 Å². The van der Waals surface area contributed by atoms with Crippen LogP contribution in [-0.4, -0.2) is 34.3 Å². The van der Waals surface area contributed by atoms with Gasteiger partial charge in [0, 0.05) is 23.8 Å². The molecule has 0 radical (unpaired) electrons. The summed E-state index contributed by atoms with van der Waals surface area (Å²) in [6, 6.07) is -0.378. The first-order chi connectivity index (χ1) is 11.1. The predicted molar refractivity (Wildman–Crippen MR) is 88.1 cm³/mol. The summed E-state index contributed by atoms with van der Waals surface area (Å²) in [6.45, 7) is 2.70. The minimum absolute atomic E-state index is 0.0232. The smallest absolute Gasteiger partial charge is 0.243 e. The molecule has 2 atom stereocenters. The Balaban J connectivity index is 1.38. The molecule has 0 aromatic carbocycles. The fourth-order valence-corrected chi connectivity index (χ4v) is 4.35. The van der Waals surface area contributed by atoms with Crippen molar-refractivity contribution in [2.24, 2.45) is 5.92 Å². The number of amides is 2. The van der Waals surface area contributed by atoms with Gasteiger partial charge in [-0.3, -0.25) is 9.59 Å². The molecule has 0 spiro atoms. The molecule has 3 fully saturated rings. The van der Waals surface area contributed by atoms with Gasteiger partial charge in [0.2, 0.25) is 11.8 Å². The normalized spacial score (nSPS) is 25.4. The highest BCUT2D eigenvalue weighted by Crippen LogP contribution is 2.41. The number of carbonyl (C=O) groups excluding carboxylic acids is 2. The third kappa shape index (κ3) is 3.13. The third-order valence-electron chi connectivity index (χ3n) is 5.03. The lowest BCUT2D eigenvalue weighted by molar-refractivity contribution is -0.139. The van der Waals surface area contributed by atoms with Crippen LogP contribution >= 0.6 is 11.3 Å². The van der Waals surface area contributed by atoms with E-state index in [1.165, 1.54) is 17.8 Å². The van der Waals surface area contributed by atoms with Crippen LogP contribution < -0.4 is 5.32 Å².